The third kappa shape index (κ3) is 4.77. The highest BCUT2D eigenvalue weighted by Gasteiger charge is 1.80. The molecule has 14 heavy (non-hydrogen) atoms. The van der Waals surface area contributed by atoms with Gasteiger partial charge in [0.05, 0.1) is 0 Å². The van der Waals surface area contributed by atoms with Gasteiger partial charge in [-0.2, -0.15) is 0 Å². The van der Waals surface area contributed by atoms with Gasteiger partial charge in [0, 0.05) is 23.0 Å². The third-order valence-electron chi connectivity index (χ3n) is 1.74. The Labute approximate surface area is 89.0 Å². The van der Waals surface area contributed by atoms with Gasteiger partial charge in [-0.15, -0.1) is 0 Å². The van der Waals surface area contributed by atoms with Crippen molar-refractivity contribution in [2.24, 2.45) is 4.99 Å². The molecule has 0 N–H and O–H groups in total. The van der Waals surface area contributed by atoms with E-state index in [0.717, 1.165) is 19.0 Å². The van der Waals surface area contributed by atoms with Gasteiger partial charge < -0.3 is 0 Å². The molecule has 0 aliphatic rings. The average Bonchev–Trinajstić information content (AvgIpc) is 2.25. The summed E-state index contributed by atoms with van der Waals surface area (Å²) in [5, 5.41) is 0. The van der Waals surface area contributed by atoms with Crippen LogP contribution in [0, 0.1) is 0 Å². The van der Waals surface area contributed by atoms with Crippen molar-refractivity contribution in [2.75, 3.05) is 6.54 Å². The Morgan fingerprint density at radius 3 is 2.71 bits per heavy atom. The molecule has 0 atom stereocenters. The number of hydrogen-bond acceptors (Lipinski definition) is 1. The first-order chi connectivity index (χ1) is 6.93. The van der Waals surface area contributed by atoms with Gasteiger partial charge in [-0.25, -0.2) is 0 Å². The van der Waals surface area contributed by atoms with Gasteiger partial charge in [0.25, 0.3) is 0 Å². The van der Waals surface area contributed by atoms with Crippen molar-refractivity contribution < 1.29 is 0 Å². The summed E-state index contributed by atoms with van der Waals surface area (Å²) in [4.78, 5) is 4.23. The molecule has 0 unspecified atom stereocenters. The summed E-state index contributed by atoms with van der Waals surface area (Å²) in [7, 11) is 3.41. The SMILES string of the molecule is [Si]CCCN=C/C=C/c1ccccc1. The molecule has 0 heterocycles. The second-order valence-corrected chi connectivity index (χ2v) is 3.43. The molecule has 0 aromatic heterocycles. The molecule has 2 heteroatoms. The van der Waals surface area contributed by atoms with Crippen LogP contribution in [0.1, 0.15) is 12.0 Å². The van der Waals surface area contributed by atoms with Crippen LogP contribution in [0.25, 0.3) is 6.08 Å². The molecule has 0 saturated carbocycles. The number of aliphatic imine (C=N–C) groups is 1. The number of allylic oxidation sites excluding steroid dienone is 1. The number of hydrogen-bond donors (Lipinski definition) is 0. The minimum atomic E-state index is 0.891. The Balaban J connectivity index is 2.31. The van der Waals surface area contributed by atoms with Gasteiger partial charge in [0.2, 0.25) is 0 Å². The minimum absolute atomic E-state index is 0.891. The molecule has 0 aliphatic heterocycles. The highest BCUT2D eigenvalue weighted by Crippen LogP contribution is 1.99. The molecular formula is C12H14NSi. The van der Waals surface area contributed by atoms with Crippen molar-refractivity contribution in [3.8, 4) is 0 Å². The molecule has 1 aromatic carbocycles. The van der Waals surface area contributed by atoms with Crippen molar-refractivity contribution in [3.05, 3.63) is 42.0 Å². The van der Waals surface area contributed by atoms with Gasteiger partial charge in [-0.1, -0.05) is 42.5 Å². The fraction of sp³-hybridized carbons (Fsp3) is 0.250. The largest absolute Gasteiger partial charge is 0.293 e. The standard InChI is InChI=1S/C12H14NSi/c14-11-5-10-13-9-4-8-12-6-2-1-3-7-12/h1-4,6-9H,5,10-11H2/b8-4+,13-9?. The maximum absolute atomic E-state index is 4.23. The quantitative estimate of drug-likeness (QED) is 0.394. The molecule has 0 aliphatic carbocycles. The summed E-state index contributed by atoms with van der Waals surface area (Å²) in [5.74, 6) is 0. The van der Waals surface area contributed by atoms with E-state index in [0.29, 0.717) is 0 Å². The first kappa shape index (κ1) is 10.9. The topological polar surface area (TPSA) is 12.4 Å². The van der Waals surface area contributed by atoms with Gasteiger partial charge in [-0.05, 0) is 18.1 Å². The van der Waals surface area contributed by atoms with Crippen LogP contribution in [0.15, 0.2) is 41.4 Å². The van der Waals surface area contributed by atoms with Gasteiger partial charge in [-0.3, -0.25) is 4.99 Å². The van der Waals surface area contributed by atoms with Crippen molar-refractivity contribution in [3.63, 3.8) is 0 Å². The van der Waals surface area contributed by atoms with E-state index >= 15 is 0 Å². The Kier molecular flexibility index (Phi) is 5.67. The fourth-order valence-corrected chi connectivity index (χ4v) is 1.18. The summed E-state index contributed by atoms with van der Waals surface area (Å²) in [6.07, 6.45) is 6.97. The summed E-state index contributed by atoms with van der Waals surface area (Å²) < 4.78 is 0. The van der Waals surface area contributed by atoms with E-state index in [1.807, 2.05) is 30.5 Å². The highest BCUT2D eigenvalue weighted by atomic mass is 28.1. The van der Waals surface area contributed by atoms with Crippen LogP contribution in [-0.2, 0) is 0 Å². The highest BCUT2D eigenvalue weighted by molar-refractivity contribution is 6.08. The lowest BCUT2D eigenvalue weighted by Crippen LogP contribution is -1.79. The van der Waals surface area contributed by atoms with E-state index in [1.165, 1.54) is 5.56 Å². The second-order valence-electron chi connectivity index (χ2n) is 2.93. The van der Waals surface area contributed by atoms with E-state index in [-0.39, 0.29) is 0 Å². The lowest BCUT2D eigenvalue weighted by molar-refractivity contribution is 0.935. The van der Waals surface area contributed by atoms with Crippen molar-refractivity contribution in [1.82, 2.24) is 0 Å². The van der Waals surface area contributed by atoms with E-state index in [1.54, 1.807) is 0 Å². The van der Waals surface area contributed by atoms with Crippen LogP contribution < -0.4 is 0 Å². The van der Waals surface area contributed by atoms with Crippen LogP contribution in [0.2, 0.25) is 6.04 Å². The molecular weight excluding hydrogens is 186 g/mol. The monoisotopic (exact) mass is 200 g/mol. The maximum Gasteiger partial charge on any atom is 0.0386 e. The fourth-order valence-electron chi connectivity index (χ4n) is 1.02. The Morgan fingerprint density at radius 2 is 2.00 bits per heavy atom. The maximum atomic E-state index is 4.23. The molecule has 0 fully saturated rings. The molecule has 0 spiro atoms. The van der Waals surface area contributed by atoms with E-state index in [4.69, 9.17) is 0 Å². The lowest BCUT2D eigenvalue weighted by atomic mass is 10.2. The minimum Gasteiger partial charge on any atom is -0.293 e. The third-order valence-corrected chi connectivity index (χ3v) is 2.10. The van der Waals surface area contributed by atoms with Crippen LogP contribution >= 0.6 is 0 Å². The van der Waals surface area contributed by atoms with Crippen molar-refractivity contribution in [1.29, 1.82) is 0 Å². The summed E-state index contributed by atoms with van der Waals surface area (Å²) >= 11 is 0. The van der Waals surface area contributed by atoms with Gasteiger partial charge in [0.1, 0.15) is 0 Å². The van der Waals surface area contributed by atoms with Gasteiger partial charge >= 0.3 is 0 Å². The molecule has 1 aromatic rings. The molecule has 71 valence electrons. The van der Waals surface area contributed by atoms with E-state index in [2.05, 4.69) is 33.4 Å². The van der Waals surface area contributed by atoms with E-state index < -0.39 is 0 Å². The first-order valence-corrected chi connectivity index (χ1v) is 5.50. The molecule has 1 nitrogen and oxygen atoms in total. The molecule has 0 amide bonds. The summed E-state index contributed by atoms with van der Waals surface area (Å²) in [6, 6.07) is 11.2. The van der Waals surface area contributed by atoms with Crippen molar-refractivity contribution >= 4 is 22.5 Å². The summed E-state index contributed by atoms with van der Waals surface area (Å²) in [6.45, 7) is 0.891. The molecule has 0 bridgehead atoms. The average molecular weight is 200 g/mol. The Hall–Kier alpha value is -1.15. The summed E-state index contributed by atoms with van der Waals surface area (Å²) in [5.41, 5.74) is 1.21. The molecule has 1 rings (SSSR count). The Morgan fingerprint density at radius 1 is 1.21 bits per heavy atom. The lowest BCUT2D eigenvalue weighted by Gasteiger charge is -1.89. The Bertz CT molecular complexity index is 290. The zero-order valence-corrected chi connectivity index (χ0v) is 9.19. The molecule has 0 saturated heterocycles. The zero-order valence-electron chi connectivity index (χ0n) is 8.19. The number of benzene rings is 1. The van der Waals surface area contributed by atoms with Crippen LogP contribution in [0.5, 0.6) is 0 Å². The first-order valence-electron chi connectivity index (χ1n) is 4.79. The number of rotatable bonds is 5. The van der Waals surface area contributed by atoms with Crippen molar-refractivity contribution in [2.45, 2.75) is 12.5 Å². The van der Waals surface area contributed by atoms with Gasteiger partial charge in [0.15, 0.2) is 0 Å². The van der Waals surface area contributed by atoms with Crippen LogP contribution in [0.3, 0.4) is 0 Å². The smallest absolute Gasteiger partial charge is 0.0386 e. The van der Waals surface area contributed by atoms with Crippen LogP contribution in [-0.4, -0.2) is 23.0 Å². The zero-order chi connectivity index (χ0) is 10.1. The predicted octanol–water partition coefficient (Wildman–Crippen LogP) is 2.75. The van der Waals surface area contributed by atoms with E-state index in [9.17, 15) is 0 Å². The predicted molar refractivity (Wildman–Crippen MR) is 64.0 cm³/mol. The second kappa shape index (κ2) is 7.27. The molecule has 3 radical (unpaired) electrons. The number of nitrogens with zero attached hydrogens (tertiary/aromatic N) is 1. The van der Waals surface area contributed by atoms with Crippen LogP contribution in [0.4, 0.5) is 0 Å². The normalized spacial score (nSPS) is 11.5.